The van der Waals surface area contributed by atoms with Crippen LogP contribution < -0.4 is 15.5 Å². The van der Waals surface area contributed by atoms with Crippen molar-refractivity contribution in [2.45, 2.75) is 25.6 Å². The molecule has 1 unspecified atom stereocenters. The van der Waals surface area contributed by atoms with Gasteiger partial charge in [-0.3, -0.25) is 14.5 Å². The monoisotopic (exact) mass is 446 g/mol. The van der Waals surface area contributed by atoms with E-state index in [9.17, 15) is 9.59 Å². The molecule has 0 saturated heterocycles. The average Bonchev–Trinajstić information content (AvgIpc) is 3.36. The lowest BCUT2D eigenvalue weighted by atomic mass is 9.96. The highest BCUT2D eigenvalue weighted by Gasteiger charge is 2.26. The van der Waals surface area contributed by atoms with Gasteiger partial charge in [0.05, 0.1) is 18.8 Å². The van der Waals surface area contributed by atoms with Crippen LogP contribution in [0.3, 0.4) is 0 Å². The number of benzene rings is 2. The number of rotatable bonds is 7. The van der Waals surface area contributed by atoms with Gasteiger partial charge >= 0.3 is 11.8 Å². The molecular weight excluding hydrogens is 416 g/mol. The highest BCUT2D eigenvalue weighted by atomic mass is 16.3. The lowest BCUT2D eigenvalue weighted by molar-refractivity contribution is -0.139. The number of hydrogen-bond acceptors (Lipinski definition) is 5. The molecule has 172 valence electrons. The van der Waals surface area contributed by atoms with Crippen LogP contribution in [0, 0.1) is 0 Å². The minimum absolute atomic E-state index is 0.0450. The van der Waals surface area contributed by atoms with E-state index in [1.54, 1.807) is 12.1 Å². The van der Waals surface area contributed by atoms with Crippen molar-refractivity contribution in [3.05, 3.63) is 89.4 Å². The van der Waals surface area contributed by atoms with E-state index in [0.29, 0.717) is 12.3 Å². The molecule has 1 aliphatic heterocycles. The van der Waals surface area contributed by atoms with Gasteiger partial charge in [-0.1, -0.05) is 36.4 Å². The largest absolute Gasteiger partial charge is 0.467 e. The molecule has 0 fully saturated rings. The van der Waals surface area contributed by atoms with Crippen molar-refractivity contribution >= 4 is 17.5 Å². The van der Waals surface area contributed by atoms with Crippen LogP contribution in [0.1, 0.15) is 28.5 Å². The molecule has 1 aliphatic rings. The van der Waals surface area contributed by atoms with Crippen LogP contribution in [0.2, 0.25) is 0 Å². The van der Waals surface area contributed by atoms with E-state index in [1.165, 1.54) is 17.4 Å². The van der Waals surface area contributed by atoms with Crippen molar-refractivity contribution in [2.75, 3.05) is 32.1 Å². The zero-order valence-corrected chi connectivity index (χ0v) is 19.1. The fourth-order valence-electron chi connectivity index (χ4n) is 4.17. The van der Waals surface area contributed by atoms with Gasteiger partial charge in [-0.2, -0.15) is 0 Å². The summed E-state index contributed by atoms with van der Waals surface area (Å²) in [7, 11) is 4.02. The van der Waals surface area contributed by atoms with E-state index < -0.39 is 11.8 Å². The molecule has 2 heterocycles. The van der Waals surface area contributed by atoms with Crippen LogP contribution in [-0.4, -0.2) is 43.9 Å². The van der Waals surface area contributed by atoms with Gasteiger partial charge in [-0.15, -0.1) is 0 Å². The minimum atomic E-state index is -0.669. The number of carbonyl (C=O) groups is 2. The SMILES string of the molecule is CN(C)c1ccc(C(CNC(=O)C(=O)NCc2ccco2)N2CCc3ccccc3C2)cc1. The Hall–Kier alpha value is -3.58. The minimum Gasteiger partial charge on any atom is -0.467 e. The van der Waals surface area contributed by atoms with E-state index in [0.717, 1.165) is 30.8 Å². The maximum atomic E-state index is 12.5. The molecule has 33 heavy (non-hydrogen) atoms. The third-order valence-electron chi connectivity index (χ3n) is 6.06. The zero-order chi connectivity index (χ0) is 23.2. The lowest BCUT2D eigenvalue weighted by Crippen LogP contribution is -2.45. The van der Waals surface area contributed by atoms with E-state index >= 15 is 0 Å². The molecule has 2 aromatic carbocycles. The lowest BCUT2D eigenvalue weighted by Gasteiger charge is -2.36. The van der Waals surface area contributed by atoms with Crippen LogP contribution in [0.25, 0.3) is 0 Å². The molecule has 7 heteroatoms. The van der Waals surface area contributed by atoms with Crippen LogP contribution >= 0.6 is 0 Å². The van der Waals surface area contributed by atoms with Crippen LogP contribution in [0.5, 0.6) is 0 Å². The third-order valence-corrected chi connectivity index (χ3v) is 6.06. The van der Waals surface area contributed by atoms with Crippen molar-refractivity contribution in [3.8, 4) is 0 Å². The number of nitrogens with zero attached hydrogens (tertiary/aromatic N) is 2. The molecule has 1 aromatic heterocycles. The summed E-state index contributed by atoms with van der Waals surface area (Å²) < 4.78 is 5.20. The molecule has 0 bridgehead atoms. The van der Waals surface area contributed by atoms with Crippen molar-refractivity contribution in [2.24, 2.45) is 0 Å². The Labute approximate surface area is 194 Å². The van der Waals surface area contributed by atoms with Crippen molar-refractivity contribution in [1.29, 1.82) is 0 Å². The first-order valence-corrected chi connectivity index (χ1v) is 11.2. The van der Waals surface area contributed by atoms with Crippen LogP contribution in [0.4, 0.5) is 5.69 Å². The summed E-state index contributed by atoms with van der Waals surface area (Å²) in [5, 5.41) is 5.43. The molecule has 0 saturated carbocycles. The van der Waals surface area contributed by atoms with Crippen LogP contribution in [0.15, 0.2) is 71.3 Å². The number of hydrogen-bond donors (Lipinski definition) is 2. The second-order valence-corrected chi connectivity index (χ2v) is 8.46. The Morgan fingerprint density at radius 3 is 2.39 bits per heavy atom. The standard InChI is InChI=1S/C26H30N4O3/c1-29(2)22-11-9-20(10-12-22)24(30-14-13-19-6-3-4-7-21(19)18-30)17-28-26(32)25(31)27-16-23-8-5-15-33-23/h3-12,15,24H,13-14,16-18H2,1-2H3,(H,27,31)(H,28,32). The Balaban J connectivity index is 1.45. The highest BCUT2D eigenvalue weighted by Crippen LogP contribution is 2.28. The zero-order valence-electron chi connectivity index (χ0n) is 19.1. The van der Waals surface area contributed by atoms with Gasteiger partial charge < -0.3 is 20.0 Å². The molecule has 3 aromatic rings. The molecule has 2 N–H and O–H groups in total. The maximum absolute atomic E-state index is 12.5. The number of anilines is 1. The van der Waals surface area contributed by atoms with Gasteiger partial charge in [0.2, 0.25) is 0 Å². The first-order valence-electron chi connectivity index (χ1n) is 11.2. The summed E-state index contributed by atoms with van der Waals surface area (Å²) in [6.07, 6.45) is 2.49. The normalized spacial score (nSPS) is 14.2. The van der Waals surface area contributed by atoms with Crippen molar-refractivity contribution in [3.63, 3.8) is 0 Å². The molecule has 0 radical (unpaired) electrons. The average molecular weight is 447 g/mol. The van der Waals surface area contributed by atoms with Gasteiger partial charge in [0.15, 0.2) is 0 Å². The third kappa shape index (κ3) is 5.62. The van der Waals surface area contributed by atoms with Crippen molar-refractivity contribution in [1.82, 2.24) is 15.5 Å². The van der Waals surface area contributed by atoms with Gasteiger partial charge in [0.1, 0.15) is 5.76 Å². The topological polar surface area (TPSA) is 77.8 Å². The number of nitrogens with one attached hydrogen (secondary N) is 2. The second-order valence-electron chi connectivity index (χ2n) is 8.46. The van der Waals surface area contributed by atoms with E-state index in [-0.39, 0.29) is 12.6 Å². The number of furan rings is 1. The van der Waals surface area contributed by atoms with Gasteiger partial charge in [-0.25, -0.2) is 0 Å². The predicted octanol–water partition coefficient (Wildman–Crippen LogP) is 2.88. The molecule has 2 amide bonds. The smallest absolute Gasteiger partial charge is 0.309 e. The van der Waals surface area contributed by atoms with Gasteiger partial charge in [0, 0.05) is 39.4 Å². The molecule has 0 aliphatic carbocycles. The summed E-state index contributed by atoms with van der Waals surface area (Å²) in [4.78, 5) is 29.2. The number of fused-ring (bicyclic) bond motifs is 1. The molecule has 4 rings (SSSR count). The van der Waals surface area contributed by atoms with Crippen LogP contribution in [-0.2, 0) is 29.1 Å². The molecule has 7 nitrogen and oxygen atoms in total. The highest BCUT2D eigenvalue weighted by molar-refractivity contribution is 6.35. The molecule has 0 spiro atoms. The number of amides is 2. The number of carbonyl (C=O) groups excluding carboxylic acids is 2. The predicted molar refractivity (Wildman–Crippen MR) is 128 cm³/mol. The fraction of sp³-hybridized carbons (Fsp3) is 0.308. The Bertz CT molecular complexity index is 1080. The maximum Gasteiger partial charge on any atom is 0.309 e. The summed E-state index contributed by atoms with van der Waals surface area (Å²) >= 11 is 0. The summed E-state index contributed by atoms with van der Waals surface area (Å²) in [6, 6.07) is 20.3. The van der Waals surface area contributed by atoms with Gasteiger partial charge in [0.25, 0.3) is 0 Å². The Kier molecular flexibility index (Phi) is 7.10. The summed E-state index contributed by atoms with van der Waals surface area (Å²) in [5.41, 5.74) is 4.90. The van der Waals surface area contributed by atoms with E-state index in [1.807, 2.05) is 14.1 Å². The molecular formula is C26H30N4O3. The summed E-state index contributed by atoms with van der Waals surface area (Å²) in [5.74, 6) is -0.715. The summed E-state index contributed by atoms with van der Waals surface area (Å²) in [6.45, 7) is 2.21. The second kappa shape index (κ2) is 10.4. The Morgan fingerprint density at radius 2 is 1.70 bits per heavy atom. The first-order chi connectivity index (χ1) is 16.0. The fourth-order valence-corrected chi connectivity index (χ4v) is 4.17. The Morgan fingerprint density at radius 1 is 0.970 bits per heavy atom. The van der Waals surface area contributed by atoms with E-state index in [2.05, 4.69) is 69.0 Å². The van der Waals surface area contributed by atoms with E-state index in [4.69, 9.17) is 4.42 Å². The first kappa shape index (κ1) is 22.6. The van der Waals surface area contributed by atoms with Crippen molar-refractivity contribution < 1.29 is 14.0 Å². The quantitative estimate of drug-likeness (QED) is 0.546. The molecule has 1 atom stereocenters. The van der Waals surface area contributed by atoms with Gasteiger partial charge in [-0.05, 0) is 47.4 Å².